The third-order valence-corrected chi connectivity index (χ3v) is 4.37. The first-order valence-corrected chi connectivity index (χ1v) is 7.98. The molecule has 1 aliphatic carbocycles. The molecular weight excluding hydrogens is 288 g/mol. The van der Waals surface area contributed by atoms with E-state index >= 15 is 0 Å². The second-order valence-corrected chi connectivity index (χ2v) is 5.94. The van der Waals surface area contributed by atoms with Crippen LogP contribution in [-0.2, 0) is 12.0 Å². The zero-order valence-corrected chi connectivity index (χ0v) is 13.6. The van der Waals surface area contributed by atoms with Gasteiger partial charge in [-0.2, -0.15) is 0 Å². The lowest BCUT2D eigenvalue weighted by atomic mass is 10.1. The highest BCUT2D eigenvalue weighted by molar-refractivity contribution is 5.90. The van der Waals surface area contributed by atoms with Gasteiger partial charge in [-0.25, -0.2) is 4.79 Å². The smallest absolute Gasteiger partial charge is 0.319 e. The highest BCUT2D eigenvalue weighted by Crippen LogP contribution is 2.45. The first kappa shape index (κ1) is 15.4. The molecule has 23 heavy (non-hydrogen) atoms. The summed E-state index contributed by atoms with van der Waals surface area (Å²) < 4.78 is 5.18. The largest absolute Gasteiger partial charge is 0.497 e. The van der Waals surface area contributed by atoms with Crippen LogP contribution in [0.5, 0.6) is 5.75 Å². The Kier molecular flexibility index (Phi) is 4.24. The Balaban J connectivity index is 1.64. The van der Waals surface area contributed by atoms with Crippen LogP contribution in [0.2, 0.25) is 0 Å². The van der Waals surface area contributed by atoms with Gasteiger partial charge in [-0.1, -0.05) is 31.2 Å². The van der Waals surface area contributed by atoms with Gasteiger partial charge in [0.1, 0.15) is 5.75 Å². The average Bonchev–Trinajstić information content (AvgIpc) is 3.36. The van der Waals surface area contributed by atoms with E-state index in [1.54, 1.807) is 7.11 Å². The third-order valence-electron chi connectivity index (χ3n) is 4.37. The minimum atomic E-state index is -0.236. The molecule has 0 radical (unpaired) electrons. The van der Waals surface area contributed by atoms with Gasteiger partial charge >= 0.3 is 6.03 Å². The summed E-state index contributed by atoms with van der Waals surface area (Å²) in [6.07, 6.45) is 2.91. The lowest BCUT2D eigenvalue weighted by Gasteiger charge is -2.19. The van der Waals surface area contributed by atoms with Crippen molar-refractivity contribution in [3.8, 4) is 5.75 Å². The number of anilines is 1. The number of amides is 2. The number of hydrogen-bond acceptors (Lipinski definition) is 2. The monoisotopic (exact) mass is 310 g/mol. The van der Waals surface area contributed by atoms with Crippen LogP contribution in [0.3, 0.4) is 0 Å². The van der Waals surface area contributed by atoms with Crippen LogP contribution in [0.4, 0.5) is 10.5 Å². The van der Waals surface area contributed by atoms with E-state index in [9.17, 15) is 4.79 Å². The zero-order chi connectivity index (χ0) is 16.3. The second-order valence-electron chi connectivity index (χ2n) is 5.94. The summed E-state index contributed by atoms with van der Waals surface area (Å²) in [6, 6.07) is 15.7. The van der Waals surface area contributed by atoms with Gasteiger partial charge < -0.3 is 15.4 Å². The minimum absolute atomic E-state index is 0.164. The Hall–Kier alpha value is -2.49. The molecule has 3 rings (SSSR count). The van der Waals surface area contributed by atoms with Crippen molar-refractivity contribution >= 4 is 11.7 Å². The van der Waals surface area contributed by atoms with E-state index in [1.807, 2.05) is 48.5 Å². The van der Waals surface area contributed by atoms with E-state index in [2.05, 4.69) is 17.6 Å². The van der Waals surface area contributed by atoms with Crippen molar-refractivity contribution in [2.75, 3.05) is 12.4 Å². The van der Waals surface area contributed by atoms with E-state index in [0.29, 0.717) is 0 Å². The molecule has 1 aliphatic rings. The molecule has 0 heterocycles. The maximum atomic E-state index is 12.3. The lowest BCUT2D eigenvalue weighted by molar-refractivity contribution is 0.247. The second kappa shape index (κ2) is 6.32. The van der Waals surface area contributed by atoms with E-state index in [-0.39, 0.29) is 11.6 Å². The van der Waals surface area contributed by atoms with Crippen LogP contribution in [0.25, 0.3) is 0 Å². The summed E-state index contributed by atoms with van der Waals surface area (Å²) in [5.74, 6) is 0.824. The maximum Gasteiger partial charge on any atom is 0.319 e. The van der Waals surface area contributed by atoms with Crippen molar-refractivity contribution in [3.63, 3.8) is 0 Å². The van der Waals surface area contributed by atoms with Crippen molar-refractivity contribution in [2.24, 2.45) is 0 Å². The van der Waals surface area contributed by atoms with Crippen LogP contribution in [-0.4, -0.2) is 13.1 Å². The molecule has 1 saturated carbocycles. The molecule has 2 aromatic rings. The Morgan fingerprint density at radius 2 is 1.74 bits per heavy atom. The third kappa shape index (κ3) is 3.47. The molecule has 120 valence electrons. The van der Waals surface area contributed by atoms with Gasteiger partial charge in [0, 0.05) is 5.69 Å². The van der Waals surface area contributed by atoms with Crippen LogP contribution in [0.15, 0.2) is 48.5 Å². The molecule has 0 spiro atoms. The molecule has 1 fully saturated rings. The summed E-state index contributed by atoms with van der Waals surface area (Å²) in [7, 11) is 1.65. The molecule has 0 saturated heterocycles. The highest BCUT2D eigenvalue weighted by atomic mass is 16.5. The molecule has 2 aromatic carbocycles. The van der Waals surface area contributed by atoms with Crippen LogP contribution >= 0.6 is 0 Å². The summed E-state index contributed by atoms with van der Waals surface area (Å²) in [4.78, 5) is 12.3. The minimum Gasteiger partial charge on any atom is -0.497 e. The molecule has 0 unspecified atom stereocenters. The fourth-order valence-corrected chi connectivity index (χ4v) is 2.72. The predicted octanol–water partition coefficient (Wildman–Crippen LogP) is 4.07. The highest BCUT2D eigenvalue weighted by Gasteiger charge is 2.45. The van der Waals surface area contributed by atoms with Gasteiger partial charge in [-0.05, 0) is 54.7 Å². The van der Waals surface area contributed by atoms with Gasteiger partial charge in [0.15, 0.2) is 0 Å². The quantitative estimate of drug-likeness (QED) is 0.874. The topological polar surface area (TPSA) is 50.4 Å². The Morgan fingerprint density at radius 3 is 2.26 bits per heavy atom. The summed E-state index contributed by atoms with van der Waals surface area (Å²) >= 11 is 0. The molecule has 4 heteroatoms. The lowest BCUT2D eigenvalue weighted by Crippen LogP contribution is -2.38. The first-order valence-electron chi connectivity index (χ1n) is 7.98. The summed E-state index contributed by atoms with van der Waals surface area (Å²) in [6.45, 7) is 2.11. The number of carbonyl (C=O) groups excluding carboxylic acids is 1. The summed E-state index contributed by atoms with van der Waals surface area (Å²) in [5, 5.41) is 6.01. The Morgan fingerprint density at radius 1 is 1.09 bits per heavy atom. The number of ether oxygens (including phenoxy) is 1. The number of carbonyl (C=O) groups is 1. The van der Waals surface area contributed by atoms with Gasteiger partial charge in [-0.3, -0.25) is 0 Å². The van der Waals surface area contributed by atoms with Gasteiger partial charge in [-0.15, -0.1) is 0 Å². The van der Waals surface area contributed by atoms with E-state index in [4.69, 9.17) is 4.74 Å². The number of urea groups is 1. The molecule has 0 aromatic heterocycles. The molecular formula is C19H22N2O2. The van der Waals surface area contributed by atoms with Crippen molar-refractivity contribution in [3.05, 3.63) is 59.7 Å². The first-order chi connectivity index (χ1) is 11.1. The fourth-order valence-electron chi connectivity index (χ4n) is 2.72. The molecule has 2 N–H and O–H groups in total. The normalized spacial score (nSPS) is 14.9. The van der Waals surface area contributed by atoms with E-state index < -0.39 is 0 Å². The SMILES string of the molecule is CCc1ccc(NC(=O)NC2(c3ccc(OC)cc3)CC2)cc1. The molecule has 0 atom stereocenters. The average molecular weight is 310 g/mol. The van der Waals surface area contributed by atoms with Crippen molar-refractivity contribution < 1.29 is 9.53 Å². The molecule has 0 bridgehead atoms. The van der Waals surface area contributed by atoms with Crippen LogP contribution in [0, 0.1) is 0 Å². The number of hydrogen-bond donors (Lipinski definition) is 2. The standard InChI is InChI=1S/C19H22N2O2/c1-3-14-4-8-16(9-5-14)20-18(22)21-19(12-13-19)15-6-10-17(23-2)11-7-15/h4-11H,3,12-13H2,1-2H3,(H2,20,21,22). The van der Waals surface area contributed by atoms with Gasteiger partial charge in [0.25, 0.3) is 0 Å². The van der Waals surface area contributed by atoms with Crippen molar-refractivity contribution in [1.82, 2.24) is 5.32 Å². The maximum absolute atomic E-state index is 12.3. The summed E-state index contributed by atoms with van der Waals surface area (Å²) in [5.41, 5.74) is 2.95. The number of nitrogens with one attached hydrogen (secondary N) is 2. The van der Waals surface area contributed by atoms with Gasteiger partial charge in [0.2, 0.25) is 0 Å². The van der Waals surface area contributed by atoms with E-state index in [1.165, 1.54) is 5.56 Å². The molecule has 2 amide bonds. The Labute approximate surface area is 136 Å². The number of methoxy groups -OCH3 is 1. The van der Waals surface area contributed by atoms with Crippen molar-refractivity contribution in [2.45, 2.75) is 31.7 Å². The number of rotatable bonds is 5. The molecule has 4 nitrogen and oxygen atoms in total. The van der Waals surface area contributed by atoms with Gasteiger partial charge in [0.05, 0.1) is 12.6 Å². The van der Waals surface area contributed by atoms with Crippen molar-refractivity contribution in [1.29, 1.82) is 0 Å². The Bertz CT molecular complexity index is 674. The van der Waals surface area contributed by atoms with E-state index in [0.717, 1.165) is 36.3 Å². The number of aryl methyl sites for hydroxylation is 1. The number of benzene rings is 2. The predicted molar refractivity (Wildman–Crippen MR) is 91.9 cm³/mol. The van der Waals surface area contributed by atoms with Crippen LogP contribution in [0.1, 0.15) is 30.9 Å². The van der Waals surface area contributed by atoms with Crippen LogP contribution < -0.4 is 15.4 Å². The fraction of sp³-hybridized carbons (Fsp3) is 0.316. The zero-order valence-electron chi connectivity index (χ0n) is 13.6. The molecule has 0 aliphatic heterocycles.